The molecular weight excluding hydrogens is 432 g/mol. The summed E-state index contributed by atoms with van der Waals surface area (Å²) in [5, 5.41) is 1.51. The molecule has 0 spiro atoms. The van der Waals surface area contributed by atoms with E-state index in [0.717, 1.165) is 26.9 Å². The summed E-state index contributed by atoms with van der Waals surface area (Å²) in [4.78, 5) is 13.0. The van der Waals surface area contributed by atoms with Crippen molar-refractivity contribution in [2.24, 2.45) is 0 Å². The molecule has 0 saturated carbocycles. The Bertz CT molecular complexity index is 1160. The van der Waals surface area contributed by atoms with Crippen molar-refractivity contribution in [3.05, 3.63) is 53.7 Å². The molecule has 29 heavy (non-hydrogen) atoms. The lowest BCUT2D eigenvalue weighted by molar-refractivity contribution is -0.141. The fraction of sp³-hybridized carbons (Fsp3) is 0.250. The average Bonchev–Trinajstić information content (AvgIpc) is 2.98. The van der Waals surface area contributed by atoms with Gasteiger partial charge in [-0.05, 0) is 37.3 Å². The molecule has 3 aromatic rings. The van der Waals surface area contributed by atoms with Crippen molar-refractivity contribution in [1.82, 2.24) is 4.57 Å². The first-order valence-corrected chi connectivity index (χ1v) is 11.9. The molecule has 3 rings (SSSR count). The van der Waals surface area contributed by atoms with Gasteiger partial charge in [-0.3, -0.25) is 9.52 Å². The van der Waals surface area contributed by atoms with Crippen molar-refractivity contribution in [2.75, 3.05) is 17.6 Å². The summed E-state index contributed by atoms with van der Waals surface area (Å²) >= 11 is 7.82. The summed E-state index contributed by atoms with van der Waals surface area (Å²) in [5.74, 6) is -0.335. The quantitative estimate of drug-likeness (QED) is 0.513. The van der Waals surface area contributed by atoms with E-state index in [9.17, 15) is 13.2 Å². The molecule has 1 heterocycles. The number of hydrogen-bond donors (Lipinski definition) is 1. The lowest BCUT2D eigenvalue weighted by atomic mass is 10.2. The Morgan fingerprint density at radius 1 is 1.24 bits per heavy atom. The molecular formula is C20H21ClN2O4S2. The number of carbonyl (C=O) groups excluding carboxylic acids is 1. The van der Waals surface area contributed by atoms with Gasteiger partial charge in [0, 0.05) is 39.5 Å². The number of fused-ring (bicyclic) bond motifs is 1. The first-order chi connectivity index (χ1) is 13.6. The largest absolute Gasteiger partial charge is 0.464 e. The van der Waals surface area contributed by atoms with Crippen molar-refractivity contribution in [3.8, 4) is 0 Å². The van der Waals surface area contributed by atoms with Crippen LogP contribution in [0.4, 0.5) is 5.69 Å². The van der Waals surface area contributed by atoms with Gasteiger partial charge in [0.2, 0.25) is 10.0 Å². The molecule has 0 bridgehead atoms. The van der Waals surface area contributed by atoms with E-state index in [1.54, 1.807) is 12.1 Å². The predicted octanol–water partition coefficient (Wildman–Crippen LogP) is 4.94. The number of esters is 1. The Labute approximate surface area is 179 Å². The number of anilines is 1. The standard InChI is InChI=1S/C20H21ClN2O4S2/c1-13(12-27-14(2)24)23-11-20(28-19-7-5-4-6-17(19)21)16-10-15(8-9-18(16)23)22-29(3,25)26/h4-11,13,22H,12H2,1-3H3. The Morgan fingerprint density at radius 3 is 2.62 bits per heavy atom. The van der Waals surface area contributed by atoms with Gasteiger partial charge in [-0.2, -0.15) is 0 Å². The number of nitrogens with zero attached hydrogens (tertiary/aromatic N) is 1. The number of hydrogen-bond acceptors (Lipinski definition) is 5. The van der Waals surface area contributed by atoms with Crippen LogP contribution in [-0.4, -0.2) is 31.8 Å². The third-order valence-corrected chi connectivity index (χ3v) is 6.33. The number of halogens is 1. The van der Waals surface area contributed by atoms with E-state index in [-0.39, 0.29) is 18.6 Å². The maximum atomic E-state index is 11.6. The Kier molecular flexibility index (Phi) is 6.45. The normalized spacial score (nSPS) is 12.7. The van der Waals surface area contributed by atoms with Crippen LogP contribution in [0.3, 0.4) is 0 Å². The van der Waals surface area contributed by atoms with E-state index < -0.39 is 10.0 Å². The van der Waals surface area contributed by atoms with Crippen LogP contribution in [0, 0.1) is 0 Å². The molecule has 0 radical (unpaired) electrons. The minimum absolute atomic E-state index is 0.101. The van der Waals surface area contributed by atoms with Crippen LogP contribution in [0.2, 0.25) is 5.02 Å². The Balaban J connectivity index is 2.07. The molecule has 0 aliphatic carbocycles. The highest BCUT2D eigenvalue weighted by atomic mass is 35.5. The van der Waals surface area contributed by atoms with Crippen LogP contribution < -0.4 is 4.72 Å². The number of rotatable bonds is 7. The second-order valence-electron chi connectivity index (χ2n) is 6.69. The van der Waals surface area contributed by atoms with Crippen LogP contribution in [-0.2, 0) is 19.6 Å². The maximum absolute atomic E-state index is 11.6. The zero-order chi connectivity index (χ0) is 21.2. The van der Waals surface area contributed by atoms with E-state index in [1.807, 2.05) is 48.0 Å². The topological polar surface area (TPSA) is 77.4 Å². The number of sulfonamides is 1. The van der Waals surface area contributed by atoms with Gasteiger partial charge in [-0.15, -0.1) is 0 Å². The van der Waals surface area contributed by atoms with Crippen LogP contribution in [0.15, 0.2) is 58.5 Å². The molecule has 1 aromatic heterocycles. The lowest BCUT2D eigenvalue weighted by Crippen LogP contribution is -2.13. The molecule has 9 heteroatoms. The highest BCUT2D eigenvalue weighted by Gasteiger charge is 2.17. The zero-order valence-electron chi connectivity index (χ0n) is 16.2. The van der Waals surface area contributed by atoms with E-state index in [0.29, 0.717) is 10.7 Å². The third kappa shape index (κ3) is 5.46. The second kappa shape index (κ2) is 8.69. The second-order valence-corrected chi connectivity index (χ2v) is 9.93. The van der Waals surface area contributed by atoms with Crippen molar-refractivity contribution in [3.63, 3.8) is 0 Å². The summed E-state index contributed by atoms with van der Waals surface area (Å²) in [6.45, 7) is 3.57. The first kappa shape index (κ1) is 21.5. The molecule has 0 fully saturated rings. The molecule has 1 atom stereocenters. The van der Waals surface area contributed by atoms with Gasteiger partial charge in [0.15, 0.2) is 0 Å². The summed E-state index contributed by atoms with van der Waals surface area (Å²) in [6.07, 6.45) is 3.08. The molecule has 0 saturated heterocycles. The smallest absolute Gasteiger partial charge is 0.302 e. The Morgan fingerprint density at radius 2 is 1.97 bits per heavy atom. The predicted molar refractivity (Wildman–Crippen MR) is 117 cm³/mol. The fourth-order valence-electron chi connectivity index (χ4n) is 2.91. The average molecular weight is 453 g/mol. The van der Waals surface area contributed by atoms with E-state index in [2.05, 4.69) is 4.72 Å². The number of benzene rings is 2. The molecule has 1 N–H and O–H groups in total. The van der Waals surface area contributed by atoms with Gasteiger partial charge in [-0.25, -0.2) is 8.42 Å². The number of ether oxygens (including phenoxy) is 1. The highest BCUT2D eigenvalue weighted by molar-refractivity contribution is 7.99. The number of aromatic nitrogens is 1. The van der Waals surface area contributed by atoms with Gasteiger partial charge in [0.05, 0.1) is 17.3 Å². The zero-order valence-corrected chi connectivity index (χ0v) is 18.6. The molecule has 1 unspecified atom stereocenters. The van der Waals surface area contributed by atoms with Crippen molar-refractivity contribution >= 4 is 55.9 Å². The van der Waals surface area contributed by atoms with Crippen LogP contribution in [0.25, 0.3) is 10.9 Å². The van der Waals surface area contributed by atoms with E-state index >= 15 is 0 Å². The van der Waals surface area contributed by atoms with E-state index in [1.165, 1.54) is 18.7 Å². The molecule has 0 amide bonds. The minimum atomic E-state index is -3.39. The van der Waals surface area contributed by atoms with Gasteiger partial charge < -0.3 is 9.30 Å². The van der Waals surface area contributed by atoms with Crippen molar-refractivity contribution in [2.45, 2.75) is 29.7 Å². The summed E-state index contributed by atoms with van der Waals surface area (Å²) < 4.78 is 33.0. The molecule has 154 valence electrons. The van der Waals surface area contributed by atoms with Crippen LogP contribution >= 0.6 is 23.4 Å². The highest BCUT2D eigenvalue weighted by Crippen LogP contribution is 2.40. The minimum Gasteiger partial charge on any atom is -0.464 e. The molecule has 2 aromatic carbocycles. The van der Waals surface area contributed by atoms with Gasteiger partial charge in [0.25, 0.3) is 0 Å². The maximum Gasteiger partial charge on any atom is 0.302 e. The van der Waals surface area contributed by atoms with Crippen LogP contribution in [0.5, 0.6) is 0 Å². The number of carbonyl (C=O) groups is 1. The van der Waals surface area contributed by atoms with Crippen molar-refractivity contribution < 1.29 is 17.9 Å². The van der Waals surface area contributed by atoms with Gasteiger partial charge in [0.1, 0.15) is 6.61 Å². The summed E-state index contributed by atoms with van der Waals surface area (Å²) in [7, 11) is -3.39. The SMILES string of the molecule is CC(=O)OCC(C)n1cc(Sc2ccccc2Cl)c2cc(NS(C)(=O)=O)ccc21. The summed E-state index contributed by atoms with van der Waals surface area (Å²) in [5.41, 5.74) is 1.38. The third-order valence-electron chi connectivity index (χ3n) is 4.16. The molecule has 6 nitrogen and oxygen atoms in total. The first-order valence-electron chi connectivity index (χ1n) is 8.82. The number of nitrogens with one attached hydrogen (secondary N) is 1. The monoisotopic (exact) mass is 452 g/mol. The van der Waals surface area contributed by atoms with Crippen LogP contribution in [0.1, 0.15) is 19.9 Å². The van der Waals surface area contributed by atoms with Crippen molar-refractivity contribution in [1.29, 1.82) is 0 Å². The van der Waals surface area contributed by atoms with E-state index in [4.69, 9.17) is 16.3 Å². The molecule has 0 aliphatic rings. The lowest BCUT2D eigenvalue weighted by Gasteiger charge is -2.15. The van der Waals surface area contributed by atoms with Gasteiger partial charge in [-0.1, -0.05) is 35.5 Å². The summed E-state index contributed by atoms with van der Waals surface area (Å²) in [6, 6.07) is 12.8. The molecule has 0 aliphatic heterocycles. The van der Waals surface area contributed by atoms with Gasteiger partial charge >= 0.3 is 5.97 Å². The Hall–Kier alpha value is -2.16. The fourth-order valence-corrected chi connectivity index (χ4v) is 4.71.